The standard InChI is InChI=1S/C18H24N4O3S/c1-10-14-16(24)20-12(21-18(14)26-15(10)17(25)19-2)9-13(23)22(3)11-7-5-4-6-8-11/h11H,4-9H2,1-3H3,(H,19,25)(H,20,21,24). The molecule has 1 aliphatic carbocycles. The van der Waals surface area contributed by atoms with Gasteiger partial charge in [-0.2, -0.15) is 0 Å². The molecule has 2 heterocycles. The molecule has 1 aliphatic rings. The first-order valence-corrected chi connectivity index (χ1v) is 9.74. The van der Waals surface area contributed by atoms with Gasteiger partial charge in [-0.25, -0.2) is 4.98 Å². The van der Waals surface area contributed by atoms with Gasteiger partial charge in [-0.05, 0) is 25.3 Å². The summed E-state index contributed by atoms with van der Waals surface area (Å²) in [6, 6.07) is 0.274. The van der Waals surface area contributed by atoms with Crippen LogP contribution >= 0.6 is 11.3 Å². The minimum atomic E-state index is -0.304. The first-order chi connectivity index (χ1) is 12.4. The monoisotopic (exact) mass is 376 g/mol. The van der Waals surface area contributed by atoms with Crippen molar-refractivity contribution in [2.24, 2.45) is 0 Å². The average Bonchev–Trinajstić information content (AvgIpc) is 2.98. The van der Waals surface area contributed by atoms with Crippen molar-refractivity contribution in [2.45, 2.75) is 51.5 Å². The van der Waals surface area contributed by atoms with Crippen molar-refractivity contribution in [1.82, 2.24) is 20.2 Å². The minimum absolute atomic E-state index is 0.0424. The number of aromatic nitrogens is 2. The van der Waals surface area contributed by atoms with Crippen LogP contribution in [0.25, 0.3) is 10.2 Å². The molecule has 2 N–H and O–H groups in total. The Hall–Kier alpha value is -2.22. The lowest BCUT2D eigenvalue weighted by Gasteiger charge is -2.31. The molecule has 0 aromatic carbocycles. The van der Waals surface area contributed by atoms with Gasteiger partial charge in [0.25, 0.3) is 11.5 Å². The van der Waals surface area contributed by atoms with Crippen LogP contribution in [0.3, 0.4) is 0 Å². The summed E-state index contributed by atoms with van der Waals surface area (Å²) < 4.78 is 0. The fourth-order valence-electron chi connectivity index (χ4n) is 3.54. The third-order valence-corrected chi connectivity index (χ3v) is 6.30. The molecule has 26 heavy (non-hydrogen) atoms. The summed E-state index contributed by atoms with van der Waals surface area (Å²) in [4.78, 5) is 46.9. The number of carbonyl (C=O) groups excluding carboxylic acids is 2. The van der Waals surface area contributed by atoms with Gasteiger partial charge in [0.1, 0.15) is 10.7 Å². The molecule has 2 aromatic heterocycles. The molecular formula is C18H24N4O3S. The Bertz CT molecular complexity index is 896. The maximum Gasteiger partial charge on any atom is 0.261 e. The molecule has 1 saturated carbocycles. The average molecular weight is 376 g/mol. The van der Waals surface area contributed by atoms with Crippen molar-refractivity contribution in [3.63, 3.8) is 0 Å². The lowest BCUT2D eigenvalue weighted by atomic mass is 9.94. The molecule has 0 spiro atoms. The predicted molar refractivity (Wildman–Crippen MR) is 102 cm³/mol. The van der Waals surface area contributed by atoms with E-state index in [0.29, 0.717) is 26.5 Å². The van der Waals surface area contributed by atoms with Crippen LogP contribution in [0, 0.1) is 6.92 Å². The Morgan fingerprint density at radius 1 is 1.31 bits per heavy atom. The quantitative estimate of drug-likeness (QED) is 0.853. The number of fused-ring (bicyclic) bond motifs is 1. The van der Waals surface area contributed by atoms with Crippen LogP contribution in [0.5, 0.6) is 0 Å². The molecule has 0 atom stereocenters. The summed E-state index contributed by atoms with van der Waals surface area (Å²) in [6.45, 7) is 1.74. The Labute approximate surface area is 155 Å². The van der Waals surface area contributed by atoms with Gasteiger partial charge >= 0.3 is 0 Å². The number of likely N-dealkylation sites (N-methyl/N-ethyl adjacent to an activating group) is 1. The molecule has 140 valence electrons. The van der Waals surface area contributed by atoms with Crippen LogP contribution in [-0.2, 0) is 11.2 Å². The van der Waals surface area contributed by atoms with E-state index in [1.54, 1.807) is 18.9 Å². The number of thiophene rings is 1. The van der Waals surface area contributed by atoms with Crippen molar-refractivity contribution in [3.8, 4) is 0 Å². The highest BCUT2D eigenvalue weighted by Gasteiger charge is 2.24. The van der Waals surface area contributed by atoms with Crippen molar-refractivity contribution in [3.05, 3.63) is 26.6 Å². The minimum Gasteiger partial charge on any atom is -0.354 e. The molecule has 8 heteroatoms. The fraction of sp³-hybridized carbons (Fsp3) is 0.556. The van der Waals surface area contributed by atoms with E-state index < -0.39 is 0 Å². The molecule has 2 amide bonds. The topological polar surface area (TPSA) is 95.2 Å². The third-order valence-electron chi connectivity index (χ3n) is 5.12. The highest BCUT2D eigenvalue weighted by molar-refractivity contribution is 7.20. The number of hydrogen-bond donors (Lipinski definition) is 2. The molecule has 0 saturated heterocycles. The summed E-state index contributed by atoms with van der Waals surface area (Å²) in [7, 11) is 3.38. The van der Waals surface area contributed by atoms with Gasteiger partial charge in [-0.1, -0.05) is 19.3 Å². The molecular weight excluding hydrogens is 352 g/mol. The first kappa shape index (κ1) is 18.6. The number of amides is 2. The zero-order valence-corrected chi connectivity index (χ0v) is 16.2. The van der Waals surface area contributed by atoms with E-state index in [9.17, 15) is 14.4 Å². The largest absolute Gasteiger partial charge is 0.354 e. The predicted octanol–water partition coefficient (Wildman–Crippen LogP) is 1.99. The normalized spacial score (nSPS) is 15.2. The van der Waals surface area contributed by atoms with Crippen molar-refractivity contribution < 1.29 is 9.59 Å². The molecule has 7 nitrogen and oxygen atoms in total. The lowest BCUT2D eigenvalue weighted by molar-refractivity contribution is -0.131. The second kappa shape index (κ2) is 7.57. The maximum atomic E-state index is 12.6. The van der Waals surface area contributed by atoms with Gasteiger partial charge in [-0.15, -0.1) is 11.3 Å². The molecule has 1 fully saturated rings. The number of aromatic amines is 1. The van der Waals surface area contributed by atoms with Crippen LogP contribution in [0.15, 0.2) is 4.79 Å². The van der Waals surface area contributed by atoms with E-state index in [0.717, 1.165) is 25.7 Å². The van der Waals surface area contributed by atoms with E-state index in [1.165, 1.54) is 17.8 Å². The van der Waals surface area contributed by atoms with Crippen molar-refractivity contribution in [2.75, 3.05) is 14.1 Å². The van der Waals surface area contributed by atoms with Gasteiger partial charge in [0.2, 0.25) is 5.91 Å². The summed E-state index contributed by atoms with van der Waals surface area (Å²) in [5.74, 6) is 0.0682. The molecule has 0 bridgehead atoms. The summed E-state index contributed by atoms with van der Waals surface area (Å²) in [6.07, 6.45) is 5.66. The number of carbonyl (C=O) groups is 2. The molecule has 2 aromatic rings. The van der Waals surface area contributed by atoms with Gasteiger partial charge in [0.05, 0.1) is 16.7 Å². The van der Waals surface area contributed by atoms with E-state index in [1.807, 2.05) is 7.05 Å². The molecule has 0 aliphatic heterocycles. The maximum absolute atomic E-state index is 12.6. The van der Waals surface area contributed by atoms with Crippen LogP contribution in [-0.4, -0.2) is 46.8 Å². The number of aryl methyl sites for hydroxylation is 1. The lowest BCUT2D eigenvalue weighted by Crippen LogP contribution is -2.39. The van der Waals surface area contributed by atoms with Crippen LogP contribution in [0.2, 0.25) is 0 Å². The third kappa shape index (κ3) is 3.51. The molecule has 3 rings (SSSR count). The van der Waals surface area contributed by atoms with Crippen LogP contribution in [0.4, 0.5) is 0 Å². The number of nitrogens with one attached hydrogen (secondary N) is 2. The SMILES string of the molecule is CNC(=O)c1sc2nc(CC(=O)N(C)C3CCCCC3)[nH]c(=O)c2c1C. The highest BCUT2D eigenvalue weighted by Crippen LogP contribution is 2.27. The Morgan fingerprint density at radius 2 is 2.00 bits per heavy atom. The van der Waals surface area contributed by atoms with E-state index in [-0.39, 0.29) is 29.8 Å². The fourth-order valence-corrected chi connectivity index (χ4v) is 4.69. The number of hydrogen-bond acceptors (Lipinski definition) is 5. The highest BCUT2D eigenvalue weighted by atomic mass is 32.1. The smallest absolute Gasteiger partial charge is 0.261 e. The summed E-state index contributed by atoms with van der Waals surface area (Å²) in [5, 5.41) is 2.99. The van der Waals surface area contributed by atoms with Gasteiger partial charge in [0, 0.05) is 20.1 Å². The van der Waals surface area contributed by atoms with Gasteiger partial charge in [0.15, 0.2) is 0 Å². The summed E-state index contributed by atoms with van der Waals surface area (Å²) in [5.41, 5.74) is 0.317. The van der Waals surface area contributed by atoms with Gasteiger partial charge in [-0.3, -0.25) is 14.4 Å². The number of nitrogens with zero attached hydrogens (tertiary/aromatic N) is 2. The van der Waals surface area contributed by atoms with Crippen molar-refractivity contribution in [1.29, 1.82) is 0 Å². The van der Waals surface area contributed by atoms with E-state index in [2.05, 4.69) is 15.3 Å². The first-order valence-electron chi connectivity index (χ1n) is 8.92. The van der Waals surface area contributed by atoms with E-state index in [4.69, 9.17) is 0 Å². The van der Waals surface area contributed by atoms with E-state index >= 15 is 0 Å². The van der Waals surface area contributed by atoms with Gasteiger partial charge < -0.3 is 15.2 Å². The molecule has 0 radical (unpaired) electrons. The second-order valence-electron chi connectivity index (χ2n) is 6.80. The summed E-state index contributed by atoms with van der Waals surface area (Å²) >= 11 is 1.18. The van der Waals surface area contributed by atoms with Crippen LogP contribution < -0.4 is 10.9 Å². The Kier molecular flexibility index (Phi) is 5.41. The Balaban J connectivity index is 1.85. The zero-order valence-electron chi connectivity index (χ0n) is 15.3. The number of rotatable bonds is 4. The van der Waals surface area contributed by atoms with Crippen molar-refractivity contribution >= 4 is 33.4 Å². The zero-order chi connectivity index (χ0) is 18.8. The Morgan fingerprint density at radius 3 is 2.65 bits per heavy atom. The second-order valence-corrected chi connectivity index (χ2v) is 7.80. The van der Waals surface area contributed by atoms with Crippen LogP contribution in [0.1, 0.15) is 53.2 Å². The molecule has 0 unspecified atom stereocenters. The number of H-pyrrole nitrogens is 1.